The van der Waals surface area contributed by atoms with Gasteiger partial charge in [-0.25, -0.2) is 0 Å². The molecule has 0 radical (unpaired) electrons. The van der Waals surface area contributed by atoms with Crippen LogP contribution in [0.2, 0.25) is 0 Å². The van der Waals surface area contributed by atoms with Crippen molar-refractivity contribution in [2.75, 3.05) is 19.8 Å². The summed E-state index contributed by atoms with van der Waals surface area (Å²) in [5.74, 6) is -1.18. The Morgan fingerprint density at radius 3 is 2.52 bits per heavy atom. The maximum atomic E-state index is 13.4. The molecule has 2 nitrogen and oxygen atoms in total. The van der Waals surface area contributed by atoms with Crippen molar-refractivity contribution < 1.29 is 17.9 Å². The number of hydrogen-bond donors (Lipinski definition) is 1. The van der Waals surface area contributed by atoms with Gasteiger partial charge < -0.3 is 10.1 Å². The van der Waals surface area contributed by atoms with Crippen LogP contribution in [0.1, 0.15) is 51.9 Å². The number of nitrogens with one attached hydrogen (secondary N) is 1. The Morgan fingerprint density at radius 2 is 1.90 bits per heavy atom. The van der Waals surface area contributed by atoms with E-state index in [0.29, 0.717) is 25.9 Å². The lowest BCUT2D eigenvalue weighted by Crippen LogP contribution is -2.51. The van der Waals surface area contributed by atoms with Crippen LogP contribution in [0.3, 0.4) is 0 Å². The average Bonchev–Trinajstić information content (AvgIpc) is 2.48. The van der Waals surface area contributed by atoms with Crippen LogP contribution in [-0.2, 0) is 4.74 Å². The summed E-state index contributed by atoms with van der Waals surface area (Å²) in [6.45, 7) is 4.22. The Bertz CT molecular complexity index is 302. The van der Waals surface area contributed by atoms with Crippen LogP contribution >= 0.6 is 0 Å². The summed E-state index contributed by atoms with van der Waals surface area (Å²) in [5, 5.41) is 3.43. The molecule has 2 aliphatic rings. The minimum atomic E-state index is -4.06. The summed E-state index contributed by atoms with van der Waals surface area (Å²) >= 11 is 0. The first-order valence-electron chi connectivity index (χ1n) is 8.42. The molecule has 2 fully saturated rings. The monoisotopic (exact) mass is 307 g/mol. The van der Waals surface area contributed by atoms with Gasteiger partial charge in [0, 0.05) is 12.6 Å². The van der Waals surface area contributed by atoms with Gasteiger partial charge in [-0.15, -0.1) is 0 Å². The molecule has 4 unspecified atom stereocenters. The van der Waals surface area contributed by atoms with Crippen molar-refractivity contribution in [3.63, 3.8) is 0 Å². The Morgan fingerprint density at radius 1 is 1.14 bits per heavy atom. The predicted molar refractivity (Wildman–Crippen MR) is 77.1 cm³/mol. The zero-order valence-electron chi connectivity index (χ0n) is 12.9. The zero-order valence-corrected chi connectivity index (χ0v) is 12.9. The highest BCUT2D eigenvalue weighted by Gasteiger charge is 2.49. The Balaban J connectivity index is 2.11. The topological polar surface area (TPSA) is 21.3 Å². The van der Waals surface area contributed by atoms with Gasteiger partial charge in [0.05, 0.1) is 12.5 Å². The van der Waals surface area contributed by atoms with E-state index in [-0.39, 0.29) is 17.9 Å². The van der Waals surface area contributed by atoms with Gasteiger partial charge >= 0.3 is 6.18 Å². The van der Waals surface area contributed by atoms with Crippen molar-refractivity contribution in [2.24, 2.45) is 17.8 Å². The predicted octanol–water partition coefficient (Wildman–Crippen LogP) is 4.15. The number of halogens is 3. The summed E-state index contributed by atoms with van der Waals surface area (Å²) in [7, 11) is 0. The van der Waals surface area contributed by atoms with Crippen molar-refractivity contribution in [2.45, 2.75) is 64.1 Å². The van der Waals surface area contributed by atoms with E-state index < -0.39 is 12.1 Å². The summed E-state index contributed by atoms with van der Waals surface area (Å²) < 4.78 is 45.7. The first-order valence-corrected chi connectivity index (χ1v) is 8.42. The van der Waals surface area contributed by atoms with E-state index >= 15 is 0 Å². The van der Waals surface area contributed by atoms with Crippen LogP contribution in [0.15, 0.2) is 0 Å². The lowest BCUT2D eigenvalue weighted by Gasteiger charge is -2.43. The molecule has 0 aromatic rings. The summed E-state index contributed by atoms with van der Waals surface area (Å²) in [4.78, 5) is 0. The van der Waals surface area contributed by atoms with Crippen LogP contribution in [-0.4, -0.2) is 32.0 Å². The molecule has 0 bridgehead atoms. The average molecular weight is 307 g/mol. The zero-order chi connectivity index (χ0) is 15.3. The molecular weight excluding hydrogens is 279 g/mol. The van der Waals surface area contributed by atoms with Gasteiger partial charge in [-0.2, -0.15) is 13.2 Å². The van der Waals surface area contributed by atoms with Gasteiger partial charge in [-0.05, 0) is 50.5 Å². The Kier molecular flexibility index (Phi) is 6.35. The van der Waals surface area contributed by atoms with E-state index in [9.17, 15) is 13.2 Å². The van der Waals surface area contributed by atoms with E-state index in [4.69, 9.17) is 4.74 Å². The normalized spacial score (nSPS) is 32.9. The molecule has 4 atom stereocenters. The maximum Gasteiger partial charge on any atom is 0.392 e. The third-order valence-corrected chi connectivity index (χ3v) is 5.03. The highest BCUT2D eigenvalue weighted by Crippen LogP contribution is 2.44. The van der Waals surface area contributed by atoms with Crippen molar-refractivity contribution in [1.82, 2.24) is 5.32 Å². The van der Waals surface area contributed by atoms with Crippen molar-refractivity contribution in [1.29, 1.82) is 0 Å². The molecule has 1 saturated heterocycles. The number of alkyl halides is 3. The van der Waals surface area contributed by atoms with Crippen LogP contribution in [0.25, 0.3) is 0 Å². The fraction of sp³-hybridized carbons (Fsp3) is 1.00. The molecule has 0 aromatic heterocycles. The molecule has 0 spiro atoms. The molecule has 124 valence electrons. The summed E-state index contributed by atoms with van der Waals surface area (Å²) in [5.41, 5.74) is 0. The van der Waals surface area contributed by atoms with E-state index in [1.807, 2.05) is 0 Å². The first-order chi connectivity index (χ1) is 10.0. The number of ether oxygens (including phenoxy) is 1. The van der Waals surface area contributed by atoms with Crippen molar-refractivity contribution in [3.8, 4) is 0 Å². The molecule has 0 aromatic carbocycles. The Hall–Kier alpha value is -0.290. The maximum absolute atomic E-state index is 13.4. The SMILES string of the molecule is CCCNC(C1CCCOC1)C1CCCCC1C(F)(F)F. The van der Waals surface area contributed by atoms with Gasteiger partial charge in [0.25, 0.3) is 0 Å². The van der Waals surface area contributed by atoms with Gasteiger partial charge in [-0.3, -0.25) is 0 Å². The van der Waals surface area contributed by atoms with Gasteiger partial charge in [0.15, 0.2) is 0 Å². The second-order valence-electron chi connectivity index (χ2n) is 6.55. The molecular formula is C16H28F3NO. The van der Waals surface area contributed by atoms with E-state index in [2.05, 4.69) is 12.2 Å². The van der Waals surface area contributed by atoms with Crippen LogP contribution in [0, 0.1) is 17.8 Å². The van der Waals surface area contributed by atoms with Crippen LogP contribution in [0.5, 0.6) is 0 Å². The molecule has 1 N–H and O–H groups in total. The third kappa shape index (κ3) is 4.59. The molecule has 1 aliphatic heterocycles. The molecule has 0 amide bonds. The van der Waals surface area contributed by atoms with Crippen molar-refractivity contribution >= 4 is 0 Å². The number of hydrogen-bond acceptors (Lipinski definition) is 2. The summed E-state index contributed by atoms with van der Waals surface area (Å²) in [6.07, 6.45) is 1.48. The highest BCUT2D eigenvalue weighted by molar-refractivity contribution is 4.92. The molecule has 1 aliphatic carbocycles. The lowest BCUT2D eigenvalue weighted by molar-refractivity contribution is -0.202. The molecule has 1 heterocycles. The second-order valence-corrected chi connectivity index (χ2v) is 6.55. The van der Waals surface area contributed by atoms with E-state index in [1.54, 1.807) is 0 Å². The standard InChI is InChI=1S/C16H28F3NO/c1-2-9-20-15(12-6-5-10-21-11-12)13-7-3-4-8-14(13)16(17,18)19/h12-15,20H,2-11H2,1H3. The fourth-order valence-corrected chi connectivity index (χ4v) is 4.02. The van der Waals surface area contributed by atoms with Gasteiger partial charge in [0.2, 0.25) is 0 Å². The second kappa shape index (κ2) is 7.82. The number of rotatable bonds is 5. The van der Waals surface area contributed by atoms with Gasteiger partial charge in [-0.1, -0.05) is 19.8 Å². The summed E-state index contributed by atoms with van der Waals surface area (Å²) in [6, 6.07) is -0.0443. The molecule has 5 heteroatoms. The molecule has 1 saturated carbocycles. The minimum Gasteiger partial charge on any atom is -0.381 e. The fourth-order valence-electron chi connectivity index (χ4n) is 4.02. The highest BCUT2D eigenvalue weighted by atomic mass is 19.4. The van der Waals surface area contributed by atoms with Crippen LogP contribution in [0.4, 0.5) is 13.2 Å². The lowest BCUT2D eigenvalue weighted by atomic mass is 9.70. The minimum absolute atomic E-state index is 0.0443. The quantitative estimate of drug-likeness (QED) is 0.824. The largest absolute Gasteiger partial charge is 0.392 e. The van der Waals surface area contributed by atoms with E-state index in [0.717, 1.165) is 38.8 Å². The smallest absolute Gasteiger partial charge is 0.381 e. The first kappa shape index (κ1) is 17.1. The van der Waals surface area contributed by atoms with Crippen LogP contribution < -0.4 is 5.32 Å². The molecule has 2 rings (SSSR count). The van der Waals surface area contributed by atoms with Crippen molar-refractivity contribution in [3.05, 3.63) is 0 Å². The van der Waals surface area contributed by atoms with E-state index in [1.165, 1.54) is 0 Å². The van der Waals surface area contributed by atoms with Gasteiger partial charge in [0.1, 0.15) is 0 Å². The third-order valence-electron chi connectivity index (χ3n) is 5.03. The molecule has 21 heavy (non-hydrogen) atoms. The Labute approximate surface area is 125 Å².